The van der Waals surface area contributed by atoms with Crippen molar-refractivity contribution >= 4 is 0 Å². The highest BCUT2D eigenvalue weighted by Gasteiger charge is 2.52. The second-order valence-corrected chi connectivity index (χ2v) is 27.5. The van der Waals surface area contributed by atoms with Crippen molar-refractivity contribution in [2.45, 2.75) is 249 Å². The lowest BCUT2D eigenvalue weighted by molar-refractivity contribution is 0.0101. The van der Waals surface area contributed by atoms with Crippen molar-refractivity contribution < 1.29 is 0 Å². The highest BCUT2D eigenvalue weighted by Crippen LogP contribution is 2.60. The first-order valence-corrected chi connectivity index (χ1v) is 23.4. The first-order valence-electron chi connectivity index (χ1n) is 23.4. The molecular weight excluding hydrogens is 697 g/mol. The van der Waals surface area contributed by atoms with Crippen LogP contribution in [0.1, 0.15) is 249 Å². The van der Waals surface area contributed by atoms with Crippen molar-refractivity contribution in [2.75, 3.05) is 0 Å². The Morgan fingerprint density at radius 2 is 0.707 bits per heavy atom. The van der Waals surface area contributed by atoms with Gasteiger partial charge in [0.2, 0.25) is 0 Å². The van der Waals surface area contributed by atoms with Gasteiger partial charge in [-0.1, -0.05) is 207 Å². The van der Waals surface area contributed by atoms with E-state index in [-0.39, 0.29) is 65.0 Å². The van der Waals surface area contributed by atoms with E-state index >= 15 is 0 Å². The first kappa shape index (κ1) is 54.5. The molecule has 0 heteroatoms. The Hall–Kier alpha value is -1.56. The van der Waals surface area contributed by atoms with Gasteiger partial charge in [-0.05, 0) is 148 Å². The van der Waals surface area contributed by atoms with E-state index in [2.05, 4.69) is 231 Å². The fourth-order valence-electron chi connectivity index (χ4n) is 10.9. The standard InChI is InChI=1S/C58H104/c1-31-58(30,40-52(18,19)49(12,13)37-43(6)7)57(28,29)46-33-44(55(24,25)53(20,21)38-50(14,15)47(8,9)35-41(2)3)32-45(34-46)56(26,27)54(22,23)39-51(16,17)48(10,11)36-42(4)5/h32-34,36H,2,6,31,35,37-40H2,1,3-5,7-30H3. The number of rotatable bonds is 21. The third kappa shape index (κ3) is 11.1. The van der Waals surface area contributed by atoms with Crippen LogP contribution in [0.15, 0.2) is 54.2 Å². The van der Waals surface area contributed by atoms with Gasteiger partial charge in [0, 0.05) is 0 Å². The van der Waals surface area contributed by atoms with E-state index in [0.717, 1.165) is 38.5 Å². The predicted molar refractivity (Wildman–Crippen MR) is 266 cm³/mol. The summed E-state index contributed by atoms with van der Waals surface area (Å²) in [6.45, 7) is 78.0. The summed E-state index contributed by atoms with van der Waals surface area (Å²) in [5, 5.41) is 0. The molecule has 0 saturated heterocycles. The molecule has 0 radical (unpaired) electrons. The summed E-state index contributed by atoms with van der Waals surface area (Å²) in [6, 6.07) is 8.00. The zero-order valence-corrected chi connectivity index (χ0v) is 45.0. The Morgan fingerprint density at radius 3 is 1.00 bits per heavy atom. The minimum Gasteiger partial charge on any atom is -0.100 e. The Bertz CT molecular complexity index is 1620. The lowest BCUT2D eigenvalue weighted by Crippen LogP contribution is -2.47. The molecule has 58 heavy (non-hydrogen) atoms. The molecule has 1 rings (SSSR count). The molecule has 1 aromatic carbocycles. The molecule has 0 spiro atoms. The monoisotopic (exact) mass is 801 g/mol. The number of allylic oxidation sites excluding steroid dienone is 4. The quantitative estimate of drug-likeness (QED) is 0.109. The molecule has 0 heterocycles. The van der Waals surface area contributed by atoms with Gasteiger partial charge in [0.15, 0.2) is 0 Å². The van der Waals surface area contributed by atoms with Crippen molar-refractivity contribution in [3.63, 3.8) is 0 Å². The lowest BCUT2D eigenvalue weighted by atomic mass is 9.50. The van der Waals surface area contributed by atoms with E-state index < -0.39 is 0 Å². The molecule has 0 nitrogen and oxygen atoms in total. The summed E-state index contributed by atoms with van der Waals surface area (Å²) in [5.74, 6) is 0. The number of hydrogen-bond donors (Lipinski definition) is 0. The third-order valence-corrected chi connectivity index (χ3v) is 18.9. The third-order valence-electron chi connectivity index (χ3n) is 18.9. The second-order valence-electron chi connectivity index (χ2n) is 27.5. The molecule has 0 aliphatic heterocycles. The van der Waals surface area contributed by atoms with Crippen LogP contribution in [-0.4, -0.2) is 0 Å². The van der Waals surface area contributed by atoms with Crippen LogP contribution in [0, 0.1) is 48.7 Å². The van der Waals surface area contributed by atoms with E-state index in [1.165, 1.54) is 33.4 Å². The number of hydrogen-bond acceptors (Lipinski definition) is 0. The summed E-state index contributed by atoms with van der Waals surface area (Å²) in [6.07, 6.45) is 9.11. The van der Waals surface area contributed by atoms with Crippen LogP contribution in [0.25, 0.3) is 0 Å². The second kappa shape index (κ2) is 17.0. The van der Waals surface area contributed by atoms with Crippen LogP contribution in [0.4, 0.5) is 0 Å². The molecule has 0 amide bonds. The average Bonchev–Trinajstić information content (AvgIpc) is 2.97. The van der Waals surface area contributed by atoms with Gasteiger partial charge in [-0.25, -0.2) is 0 Å². The van der Waals surface area contributed by atoms with E-state index in [1.807, 2.05) is 0 Å². The van der Waals surface area contributed by atoms with E-state index in [9.17, 15) is 0 Å². The molecule has 1 unspecified atom stereocenters. The summed E-state index contributed by atoms with van der Waals surface area (Å²) < 4.78 is 0. The summed E-state index contributed by atoms with van der Waals surface area (Å²) in [5.41, 5.74) is 8.88. The van der Waals surface area contributed by atoms with Gasteiger partial charge in [0.25, 0.3) is 0 Å². The van der Waals surface area contributed by atoms with Crippen LogP contribution in [-0.2, 0) is 16.2 Å². The van der Waals surface area contributed by atoms with Crippen LogP contribution in [0.3, 0.4) is 0 Å². The van der Waals surface area contributed by atoms with Crippen molar-refractivity contribution in [3.8, 4) is 0 Å². The maximum atomic E-state index is 4.36. The molecule has 1 aromatic rings. The molecule has 1 atom stereocenters. The Kier molecular flexibility index (Phi) is 15.9. The van der Waals surface area contributed by atoms with Gasteiger partial charge < -0.3 is 0 Å². The fraction of sp³-hybridized carbons (Fsp3) is 0.793. The van der Waals surface area contributed by atoms with Gasteiger partial charge in [0.05, 0.1) is 0 Å². The molecule has 0 bridgehead atoms. The highest BCUT2D eigenvalue weighted by atomic mass is 14.6. The minimum absolute atomic E-state index is 0.0140. The van der Waals surface area contributed by atoms with E-state index in [4.69, 9.17) is 0 Å². The molecule has 0 aliphatic carbocycles. The topological polar surface area (TPSA) is 0 Å². The minimum atomic E-state index is -0.0967. The summed E-state index contributed by atoms with van der Waals surface area (Å²) in [7, 11) is 0. The van der Waals surface area contributed by atoms with Crippen LogP contribution in [0.5, 0.6) is 0 Å². The first-order chi connectivity index (χ1) is 25.2. The summed E-state index contributed by atoms with van der Waals surface area (Å²) in [4.78, 5) is 0. The van der Waals surface area contributed by atoms with Crippen molar-refractivity contribution in [1.82, 2.24) is 0 Å². The molecule has 0 saturated carbocycles. The SMILES string of the molecule is C=C(C)CC(C)(C)C(C)(C)CC(C)(C)C(C)(C)c1cc(C(C)(C)C(C)(C)CC(C)(C)C(C)(C)C=C(C)C)cc(C(C)(C)C(C)(CC)CC(C)(C)C(C)(C)CC(=C)C)c1. The number of benzene rings is 1. The van der Waals surface area contributed by atoms with Crippen molar-refractivity contribution in [3.05, 3.63) is 70.8 Å². The molecular formula is C58H104. The molecule has 0 aromatic heterocycles. The molecule has 0 fully saturated rings. The maximum Gasteiger partial charge on any atom is -0.00495 e. The van der Waals surface area contributed by atoms with E-state index in [0.29, 0.717) is 0 Å². The predicted octanol–water partition coefficient (Wildman–Crippen LogP) is 19.2. The van der Waals surface area contributed by atoms with Gasteiger partial charge in [-0.2, -0.15) is 0 Å². The fourth-order valence-corrected chi connectivity index (χ4v) is 10.9. The lowest BCUT2D eigenvalue weighted by Gasteiger charge is -2.54. The molecule has 0 aliphatic rings. The Labute approximate surface area is 366 Å². The zero-order valence-electron chi connectivity index (χ0n) is 45.0. The maximum absolute atomic E-state index is 4.36. The zero-order chi connectivity index (χ0) is 46.5. The van der Waals surface area contributed by atoms with Gasteiger partial charge in [-0.3, -0.25) is 0 Å². The molecule has 336 valence electrons. The van der Waals surface area contributed by atoms with E-state index in [1.54, 1.807) is 0 Å². The molecule has 0 N–H and O–H groups in total. The van der Waals surface area contributed by atoms with Crippen molar-refractivity contribution in [2.24, 2.45) is 48.7 Å². The average molecular weight is 801 g/mol. The Morgan fingerprint density at radius 1 is 0.414 bits per heavy atom. The van der Waals surface area contributed by atoms with Crippen LogP contribution in [0.2, 0.25) is 0 Å². The normalized spacial score (nSPS) is 15.9. The van der Waals surface area contributed by atoms with Gasteiger partial charge >= 0.3 is 0 Å². The largest absolute Gasteiger partial charge is 0.100 e. The van der Waals surface area contributed by atoms with Crippen LogP contribution >= 0.6 is 0 Å². The van der Waals surface area contributed by atoms with Gasteiger partial charge in [0.1, 0.15) is 0 Å². The Balaban J connectivity index is 4.34. The van der Waals surface area contributed by atoms with Gasteiger partial charge in [-0.15, -0.1) is 13.2 Å². The summed E-state index contributed by atoms with van der Waals surface area (Å²) >= 11 is 0. The van der Waals surface area contributed by atoms with Crippen molar-refractivity contribution in [1.29, 1.82) is 0 Å². The smallest absolute Gasteiger partial charge is 0.00495 e. The van der Waals surface area contributed by atoms with Crippen LogP contribution < -0.4 is 0 Å². The highest BCUT2D eigenvalue weighted by molar-refractivity contribution is 5.43.